The van der Waals surface area contributed by atoms with E-state index in [9.17, 15) is 4.79 Å². The third-order valence-corrected chi connectivity index (χ3v) is 3.63. The molecule has 0 radical (unpaired) electrons. The molecule has 4 heterocycles. The second-order valence-corrected chi connectivity index (χ2v) is 5.23. The van der Waals surface area contributed by atoms with Crippen LogP contribution in [-0.2, 0) is 6.54 Å². The minimum atomic E-state index is -0.174. The van der Waals surface area contributed by atoms with Gasteiger partial charge >= 0.3 is 0 Å². The number of anilines is 1. The highest BCUT2D eigenvalue weighted by molar-refractivity contribution is 6.09. The van der Waals surface area contributed by atoms with Crippen LogP contribution in [0.1, 0.15) is 11.5 Å². The molecule has 4 aromatic rings. The molecule has 0 aromatic carbocycles. The molecule has 23 heavy (non-hydrogen) atoms. The number of H-pyrrole nitrogens is 1. The molecule has 0 saturated heterocycles. The second-order valence-electron chi connectivity index (χ2n) is 5.23. The van der Waals surface area contributed by atoms with Gasteiger partial charge < -0.3 is 14.8 Å². The van der Waals surface area contributed by atoms with Crippen LogP contribution in [0, 0.1) is 6.92 Å². The number of nitrogens with one attached hydrogen (secondary N) is 2. The van der Waals surface area contributed by atoms with Gasteiger partial charge in [-0.25, -0.2) is 4.98 Å². The van der Waals surface area contributed by atoms with Gasteiger partial charge in [-0.15, -0.1) is 0 Å². The Bertz CT molecular complexity index is 1070. The Balaban J connectivity index is 1.86. The van der Waals surface area contributed by atoms with Gasteiger partial charge in [-0.2, -0.15) is 0 Å². The van der Waals surface area contributed by atoms with E-state index in [-0.39, 0.29) is 5.56 Å². The molecule has 2 N–H and O–H groups in total. The monoisotopic (exact) mass is 307 g/mol. The Morgan fingerprint density at radius 3 is 3.04 bits per heavy atom. The number of nitrogens with zero attached hydrogens (tertiary/aromatic N) is 3. The summed E-state index contributed by atoms with van der Waals surface area (Å²) in [5.41, 5.74) is 1.23. The van der Waals surface area contributed by atoms with E-state index >= 15 is 0 Å². The lowest BCUT2D eigenvalue weighted by molar-refractivity contribution is 0.391. The summed E-state index contributed by atoms with van der Waals surface area (Å²) in [6, 6.07) is 5.47. The van der Waals surface area contributed by atoms with Crippen molar-refractivity contribution in [3.05, 3.63) is 58.6 Å². The summed E-state index contributed by atoms with van der Waals surface area (Å²) in [5.74, 6) is 1.44. The average molecular weight is 307 g/mol. The topological polar surface area (TPSA) is 96.7 Å². The SMILES string of the molecule is Cc1cc(CNc2nc3cc[nH]c(=O)c3c3cnccc23)no1. The van der Waals surface area contributed by atoms with Crippen molar-refractivity contribution in [3.8, 4) is 0 Å². The van der Waals surface area contributed by atoms with E-state index in [4.69, 9.17) is 4.52 Å². The van der Waals surface area contributed by atoms with Crippen molar-refractivity contribution in [1.29, 1.82) is 0 Å². The van der Waals surface area contributed by atoms with Crippen LogP contribution in [0.15, 0.2) is 46.1 Å². The quantitative estimate of drug-likeness (QED) is 0.564. The number of rotatable bonds is 3. The molecule has 114 valence electrons. The van der Waals surface area contributed by atoms with Crippen LogP contribution in [0.2, 0.25) is 0 Å². The first kappa shape index (κ1) is 13.4. The van der Waals surface area contributed by atoms with Crippen LogP contribution in [-0.4, -0.2) is 20.1 Å². The van der Waals surface area contributed by atoms with E-state index in [1.165, 1.54) is 0 Å². The summed E-state index contributed by atoms with van der Waals surface area (Å²) >= 11 is 0. The van der Waals surface area contributed by atoms with Crippen LogP contribution in [0.4, 0.5) is 5.82 Å². The smallest absolute Gasteiger partial charge is 0.258 e. The zero-order valence-corrected chi connectivity index (χ0v) is 12.3. The van der Waals surface area contributed by atoms with Crippen molar-refractivity contribution in [3.63, 3.8) is 0 Å². The standard InChI is InChI=1S/C16H13N5O2/c1-9-6-10(21-23-9)7-19-15-11-2-4-17-8-12(11)14-13(20-15)3-5-18-16(14)22/h2-6,8H,7H2,1H3,(H,18,22)(H,19,20). The average Bonchev–Trinajstić information content (AvgIpc) is 2.98. The van der Waals surface area contributed by atoms with E-state index in [2.05, 4.69) is 25.4 Å². The molecule has 0 atom stereocenters. The number of aromatic nitrogens is 4. The zero-order chi connectivity index (χ0) is 15.8. The van der Waals surface area contributed by atoms with Crippen molar-refractivity contribution >= 4 is 27.5 Å². The molecule has 0 unspecified atom stereocenters. The minimum absolute atomic E-state index is 0.174. The molecule has 0 saturated carbocycles. The Labute approximate surface area is 130 Å². The fourth-order valence-electron chi connectivity index (χ4n) is 2.61. The summed E-state index contributed by atoms with van der Waals surface area (Å²) < 4.78 is 5.06. The Morgan fingerprint density at radius 2 is 2.22 bits per heavy atom. The fraction of sp³-hybridized carbons (Fsp3) is 0.125. The lowest BCUT2D eigenvalue weighted by Crippen LogP contribution is -2.08. The number of hydrogen-bond acceptors (Lipinski definition) is 6. The van der Waals surface area contributed by atoms with Gasteiger partial charge in [-0.1, -0.05) is 5.16 Å². The normalized spacial score (nSPS) is 11.2. The van der Waals surface area contributed by atoms with Gasteiger partial charge in [0.1, 0.15) is 17.3 Å². The van der Waals surface area contributed by atoms with Gasteiger partial charge in [-0.3, -0.25) is 9.78 Å². The van der Waals surface area contributed by atoms with E-state index in [0.29, 0.717) is 23.3 Å². The molecular formula is C16H13N5O2. The summed E-state index contributed by atoms with van der Waals surface area (Å²) in [4.78, 5) is 23.5. The van der Waals surface area contributed by atoms with Crippen LogP contribution in [0.5, 0.6) is 0 Å². The van der Waals surface area contributed by atoms with Crippen LogP contribution >= 0.6 is 0 Å². The molecule has 7 nitrogen and oxygen atoms in total. The van der Waals surface area contributed by atoms with Gasteiger partial charge in [0, 0.05) is 35.4 Å². The molecule has 7 heteroatoms. The van der Waals surface area contributed by atoms with Crippen molar-refractivity contribution in [1.82, 2.24) is 20.1 Å². The summed E-state index contributed by atoms with van der Waals surface area (Å²) in [6.07, 6.45) is 4.95. The highest BCUT2D eigenvalue weighted by Crippen LogP contribution is 2.26. The zero-order valence-electron chi connectivity index (χ0n) is 12.3. The van der Waals surface area contributed by atoms with Crippen molar-refractivity contribution in [2.24, 2.45) is 0 Å². The minimum Gasteiger partial charge on any atom is -0.364 e. The predicted molar refractivity (Wildman–Crippen MR) is 86.2 cm³/mol. The number of aryl methyl sites for hydroxylation is 1. The highest BCUT2D eigenvalue weighted by Gasteiger charge is 2.11. The fourth-order valence-corrected chi connectivity index (χ4v) is 2.61. The van der Waals surface area contributed by atoms with Gasteiger partial charge in [0.15, 0.2) is 0 Å². The number of hydrogen-bond donors (Lipinski definition) is 2. The second kappa shape index (κ2) is 5.20. The van der Waals surface area contributed by atoms with Gasteiger partial charge in [-0.05, 0) is 19.1 Å². The molecule has 0 spiro atoms. The maximum atomic E-state index is 12.1. The van der Waals surface area contributed by atoms with E-state index in [0.717, 1.165) is 22.2 Å². The van der Waals surface area contributed by atoms with Crippen LogP contribution < -0.4 is 10.9 Å². The third-order valence-electron chi connectivity index (χ3n) is 3.63. The van der Waals surface area contributed by atoms with Crippen molar-refractivity contribution in [2.45, 2.75) is 13.5 Å². The summed E-state index contributed by atoms with van der Waals surface area (Å²) in [5, 5.41) is 9.35. The van der Waals surface area contributed by atoms with E-state index in [1.54, 1.807) is 24.7 Å². The number of fused-ring (bicyclic) bond motifs is 3. The van der Waals surface area contributed by atoms with Crippen LogP contribution in [0.3, 0.4) is 0 Å². The molecule has 4 rings (SSSR count). The lowest BCUT2D eigenvalue weighted by atomic mass is 10.1. The van der Waals surface area contributed by atoms with Gasteiger partial charge in [0.25, 0.3) is 5.56 Å². The first-order valence-corrected chi connectivity index (χ1v) is 7.13. The predicted octanol–water partition coefficient (Wildman–Crippen LogP) is 2.38. The maximum absolute atomic E-state index is 12.1. The molecule has 0 aliphatic carbocycles. The maximum Gasteiger partial charge on any atom is 0.258 e. The largest absolute Gasteiger partial charge is 0.364 e. The van der Waals surface area contributed by atoms with Crippen molar-refractivity contribution < 1.29 is 4.52 Å². The third kappa shape index (κ3) is 2.32. The molecule has 0 aliphatic rings. The molecule has 4 aromatic heterocycles. The van der Waals surface area contributed by atoms with Crippen LogP contribution in [0.25, 0.3) is 21.7 Å². The Morgan fingerprint density at radius 1 is 1.30 bits per heavy atom. The Hall–Kier alpha value is -3.22. The Kier molecular flexibility index (Phi) is 3.04. The molecular weight excluding hydrogens is 294 g/mol. The van der Waals surface area contributed by atoms with E-state index < -0.39 is 0 Å². The summed E-state index contributed by atoms with van der Waals surface area (Å²) in [7, 11) is 0. The molecule has 0 aliphatic heterocycles. The molecule has 0 fully saturated rings. The van der Waals surface area contributed by atoms with Gasteiger partial charge in [0.05, 0.1) is 17.4 Å². The number of pyridine rings is 3. The lowest BCUT2D eigenvalue weighted by Gasteiger charge is -2.09. The number of aromatic amines is 1. The van der Waals surface area contributed by atoms with Crippen molar-refractivity contribution in [2.75, 3.05) is 5.32 Å². The van der Waals surface area contributed by atoms with Gasteiger partial charge in [0.2, 0.25) is 0 Å². The summed E-state index contributed by atoms with van der Waals surface area (Å²) in [6.45, 7) is 2.33. The molecule has 0 bridgehead atoms. The first-order chi connectivity index (χ1) is 11.2. The highest BCUT2D eigenvalue weighted by atomic mass is 16.5. The van der Waals surface area contributed by atoms with E-state index in [1.807, 2.05) is 19.1 Å². The first-order valence-electron chi connectivity index (χ1n) is 7.13. The molecule has 0 amide bonds.